The molecular weight excluding hydrogens is 448 g/mol. The fourth-order valence-electron chi connectivity index (χ4n) is 3.49. The van der Waals surface area contributed by atoms with Crippen molar-refractivity contribution in [1.82, 2.24) is 4.98 Å². The lowest BCUT2D eigenvalue weighted by molar-refractivity contribution is 0.589. The van der Waals surface area contributed by atoms with E-state index in [4.69, 9.17) is 4.42 Å². The summed E-state index contributed by atoms with van der Waals surface area (Å²) in [5.41, 5.74) is 6.03. The Bertz CT molecular complexity index is 1290. The van der Waals surface area contributed by atoms with Crippen LogP contribution in [0.4, 0.5) is 17.1 Å². The van der Waals surface area contributed by atoms with E-state index in [-0.39, 0.29) is 0 Å². The van der Waals surface area contributed by atoms with E-state index in [9.17, 15) is 0 Å². The molecule has 1 heterocycles. The minimum atomic E-state index is 0.590. The van der Waals surface area contributed by atoms with Gasteiger partial charge < -0.3 is 9.32 Å². The molecule has 1 aromatic heterocycles. The third-order valence-corrected chi connectivity index (χ3v) is 5.46. The van der Waals surface area contributed by atoms with E-state index in [2.05, 4.69) is 98.6 Å². The van der Waals surface area contributed by atoms with Gasteiger partial charge in [-0.3, -0.25) is 0 Å². The summed E-state index contributed by atoms with van der Waals surface area (Å²) in [5, 5.41) is 0. The quantitative estimate of drug-likeness (QED) is 0.261. The molecule has 0 saturated heterocycles. The highest BCUT2D eigenvalue weighted by molar-refractivity contribution is 9.10. The molecular formula is C27H19BrN2O. The van der Waals surface area contributed by atoms with Crippen LogP contribution in [0.15, 0.2) is 112 Å². The number of hydrogen-bond donors (Lipinski definition) is 0. The van der Waals surface area contributed by atoms with Crippen LogP contribution in [0, 0.1) is 0 Å². The lowest BCUT2D eigenvalue weighted by atomic mass is 10.1. The molecule has 0 bridgehead atoms. The Hall–Kier alpha value is -3.63. The van der Waals surface area contributed by atoms with Gasteiger partial charge in [0.15, 0.2) is 5.58 Å². The number of aromatic nitrogens is 1. The van der Waals surface area contributed by atoms with Gasteiger partial charge in [-0.2, -0.15) is 0 Å². The fraction of sp³-hybridized carbons (Fsp3) is 0. The Morgan fingerprint density at radius 3 is 1.94 bits per heavy atom. The zero-order valence-corrected chi connectivity index (χ0v) is 18.2. The van der Waals surface area contributed by atoms with E-state index >= 15 is 0 Å². The first-order valence-electron chi connectivity index (χ1n) is 10.0. The van der Waals surface area contributed by atoms with Gasteiger partial charge in [0.1, 0.15) is 5.52 Å². The van der Waals surface area contributed by atoms with Gasteiger partial charge in [0.2, 0.25) is 5.89 Å². The second-order valence-electron chi connectivity index (χ2n) is 7.10. The number of nitrogens with zero attached hydrogens (tertiary/aromatic N) is 2. The van der Waals surface area contributed by atoms with Crippen LogP contribution < -0.4 is 4.90 Å². The first-order valence-corrected chi connectivity index (χ1v) is 10.8. The molecule has 150 valence electrons. The fourth-order valence-corrected chi connectivity index (χ4v) is 3.84. The second kappa shape index (κ2) is 8.62. The van der Waals surface area contributed by atoms with Crippen molar-refractivity contribution in [1.29, 1.82) is 0 Å². The number of para-hydroxylation sites is 2. The highest BCUT2D eigenvalue weighted by atomic mass is 79.9. The molecule has 0 radical (unpaired) electrons. The Morgan fingerprint density at radius 2 is 1.29 bits per heavy atom. The Kier molecular flexibility index (Phi) is 5.38. The molecule has 0 unspecified atom stereocenters. The summed E-state index contributed by atoms with van der Waals surface area (Å²) in [6.45, 7) is 0. The maximum atomic E-state index is 5.80. The topological polar surface area (TPSA) is 29.3 Å². The third-order valence-electron chi connectivity index (χ3n) is 4.96. The number of rotatable bonds is 5. The molecule has 4 heteroatoms. The average Bonchev–Trinajstić information content (AvgIpc) is 3.22. The molecule has 0 fully saturated rings. The Balaban J connectivity index is 1.43. The van der Waals surface area contributed by atoms with Gasteiger partial charge in [0.25, 0.3) is 0 Å². The van der Waals surface area contributed by atoms with Crippen LogP contribution in [-0.4, -0.2) is 4.98 Å². The number of hydrogen-bond acceptors (Lipinski definition) is 3. The minimum absolute atomic E-state index is 0.590. The van der Waals surface area contributed by atoms with Gasteiger partial charge in [-0.25, -0.2) is 4.98 Å². The van der Waals surface area contributed by atoms with E-state index in [0.717, 1.165) is 38.2 Å². The van der Waals surface area contributed by atoms with Crippen molar-refractivity contribution in [2.24, 2.45) is 0 Å². The second-order valence-corrected chi connectivity index (χ2v) is 8.01. The van der Waals surface area contributed by atoms with Crippen molar-refractivity contribution >= 4 is 56.2 Å². The van der Waals surface area contributed by atoms with Crippen LogP contribution in [0.1, 0.15) is 11.5 Å². The van der Waals surface area contributed by atoms with Crippen molar-refractivity contribution in [3.05, 3.63) is 119 Å². The highest BCUT2D eigenvalue weighted by Crippen LogP contribution is 2.34. The van der Waals surface area contributed by atoms with Crippen LogP contribution in [0.5, 0.6) is 0 Å². The SMILES string of the molecule is Brc1ccc2oc(C=Cc3ccc(N(c4ccccc4)c4ccccc4)cc3)nc2c1. The lowest BCUT2D eigenvalue weighted by Gasteiger charge is -2.25. The molecule has 0 saturated carbocycles. The lowest BCUT2D eigenvalue weighted by Crippen LogP contribution is -2.09. The van der Waals surface area contributed by atoms with Gasteiger partial charge in [-0.1, -0.05) is 64.5 Å². The number of benzene rings is 4. The monoisotopic (exact) mass is 466 g/mol. The predicted molar refractivity (Wildman–Crippen MR) is 132 cm³/mol. The van der Waals surface area contributed by atoms with Gasteiger partial charge >= 0.3 is 0 Å². The van der Waals surface area contributed by atoms with Gasteiger partial charge in [0, 0.05) is 27.6 Å². The third kappa shape index (κ3) is 4.30. The number of fused-ring (bicyclic) bond motifs is 1. The van der Waals surface area contributed by atoms with Crippen molar-refractivity contribution < 1.29 is 4.42 Å². The molecule has 0 amide bonds. The minimum Gasteiger partial charge on any atom is -0.437 e. The summed E-state index contributed by atoms with van der Waals surface area (Å²) in [4.78, 5) is 6.76. The number of anilines is 3. The van der Waals surface area contributed by atoms with Crippen LogP contribution >= 0.6 is 15.9 Å². The molecule has 0 atom stereocenters. The maximum Gasteiger partial charge on any atom is 0.220 e. The van der Waals surface area contributed by atoms with E-state index in [1.54, 1.807) is 0 Å². The summed E-state index contributed by atoms with van der Waals surface area (Å²) in [5.74, 6) is 0.590. The van der Waals surface area contributed by atoms with Crippen LogP contribution in [0.3, 0.4) is 0 Å². The molecule has 5 aromatic rings. The van der Waals surface area contributed by atoms with E-state index in [0.29, 0.717) is 5.89 Å². The summed E-state index contributed by atoms with van der Waals surface area (Å²) in [6, 6.07) is 35.0. The molecule has 0 aliphatic heterocycles. The van der Waals surface area contributed by atoms with Gasteiger partial charge in [-0.15, -0.1) is 0 Å². The Morgan fingerprint density at radius 1 is 0.677 bits per heavy atom. The van der Waals surface area contributed by atoms with E-state index in [1.165, 1.54) is 0 Å². The Labute approximate surface area is 189 Å². The molecule has 3 nitrogen and oxygen atoms in total. The molecule has 5 rings (SSSR count). The zero-order chi connectivity index (χ0) is 21.0. The molecule has 31 heavy (non-hydrogen) atoms. The highest BCUT2D eigenvalue weighted by Gasteiger charge is 2.11. The van der Waals surface area contributed by atoms with Crippen molar-refractivity contribution in [3.8, 4) is 0 Å². The summed E-state index contributed by atoms with van der Waals surface area (Å²) in [7, 11) is 0. The smallest absolute Gasteiger partial charge is 0.220 e. The summed E-state index contributed by atoms with van der Waals surface area (Å²) in [6.07, 6.45) is 3.91. The standard InChI is InChI=1S/C27H19BrN2O/c28-21-14-17-26-25(19-21)29-27(31-26)18-13-20-11-15-24(16-12-20)30(22-7-3-1-4-8-22)23-9-5-2-6-10-23/h1-19H. The first-order chi connectivity index (χ1) is 15.3. The maximum absolute atomic E-state index is 5.80. The molecule has 0 aliphatic rings. The van der Waals surface area contributed by atoms with Crippen LogP contribution in [-0.2, 0) is 0 Å². The van der Waals surface area contributed by atoms with E-state index in [1.807, 2.05) is 42.5 Å². The summed E-state index contributed by atoms with van der Waals surface area (Å²) < 4.78 is 6.78. The normalized spacial score (nSPS) is 11.3. The van der Waals surface area contributed by atoms with Crippen LogP contribution in [0.25, 0.3) is 23.3 Å². The van der Waals surface area contributed by atoms with Gasteiger partial charge in [0.05, 0.1) is 0 Å². The number of halogens is 1. The molecule has 0 N–H and O–H groups in total. The zero-order valence-electron chi connectivity index (χ0n) is 16.7. The number of oxazole rings is 1. The van der Waals surface area contributed by atoms with Gasteiger partial charge in [-0.05, 0) is 66.2 Å². The van der Waals surface area contributed by atoms with Crippen molar-refractivity contribution in [2.75, 3.05) is 4.90 Å². The predicted octanol–water partition coefficient (Wildman–Crippen LogP) is 8.23. The van der Waals surface area contributed by atoms with E-state index < -0.39 is 0 Å². The van der Waals surface area contributed by atoms with Crippen molar-refractivity contribution in [3.63, 3.8) is 0 Å². The van der Waals surface area contributed by atoms with Crippen molar-refractivity contribution in [2.45, 2.75) is 0 Å². The van der Waals surface area contributed by atoms with Crippen LogP contribution in [0.2, 0.25) is 0 Å². The first kappa shape index (κ1) is 19.3. The molecule has 4 aromatic carbocycles. The average molecular weight is 467 g/mol. The largest absolute Gasteiger partial charge is 0.437 e. The summed E-state index contributed by atoms with van der Waals surface area (Å²) >= 11 is 3.47. The molecule has 0 aliphatic carbocycles. The molecule has 0 spiro atoms.